The van der Waals surface area contributed by atoms with Gasteiger partial charge >= 0.3 is 5.97 Å². The Morgan fingerprint density at radius 1 is 0.595 bits per heavy atom. The molecule has 0 aliphatic rings. The van der Waals surface area contributed by atoms with Crippen molar-refractivity contribution >= 4 is 16.1 Å². The van der Waals surface area contributed by atoms with Gasteiger partial charge in [-0.1, -0.05) is 120 Å². The van der Waals surface area contributed by atoms with Gasteiger partial charge in [0.1, 0.15) is 5.75 Å². The fraction of sp³-hybridized carbons (Fsp3) is 0.581. The van der Waals surface area contributed by atoms with Crippen molar-refractivity contribution in [3.8, 4) is 5.75 Å². The second kappa shape index (κ2) is 19.0. The van der Waals surface area contributed by atoms with Gasteiger partial charge in [0.15, 0.2) is 0 Å². The summed E-state index contributed by atoms with van der Waals surface area (Å²) in [4.78, 5) is 11.7. The molecule has 0 atom stereocenters. The van der Waals surface area contributed by atoms with Crippen molar-refractivity contribution in [1.82, 2.24) is 0 Å². The number of hydrogen-bond donors (Lipinski definition) is 1. The van der Waals surface area contributed by atoms with Gasteiger partial charge < -0.3 is 4.74 Å². The Hall–Kier alpha value is -2.18. The summed E-state index contributed by atoms with van der Waals surface area (Å²) in [5.41, 5.74) is 1.47. The highest BCUT2D eigenvalue weighted by molar-refractivity contribution is 7.85. The Bertz CT molecular complexity index is 955. The predicted octanol–water partition coefficient (Wildman–Crippen LogP) is 8.71. The first-order valence-corrected chi connectivity index (χ1v) is 15.7. The zero-order valence-electron chi connectivity index (χ0n) is 22.4. The van der Waals surface area contributed by atoms with Gasteiger partial charge in [0.05, 0.1) is 4.90 Å². The molecule has 2 rings (SSSR count). The molecule has 0 amide bonds. The molecule has 0 heterocycles. The average molecular weight is 531 g/mol. The number of benzene rings is 2. The van der Waals surface area contributed by atoms with Crippen molar-refractivity contribution in [1.29, 1.82) is 0 Å². The Labute approximate surface area is 224 Å². The SMILES string of the molecule is O=C(CCCCCCCCCCCCCCCCCCc1ccccc1)Oc1ccc(S(=O)(=O)O)cc1. The van der Waals surface area contributed by atoms with Crippen LogP contribution in [0.5, 0.6) is 5.75 Å². The van der Waals surface area contributed by atoms with Gasteiger partial charge in [0.2, 0.25) is 0 Å². The Morgan fingerprint density at radius 2 is 1.03 bits per heavy atom. The minimum absolute atomic E-state index is 0.219. The molecular weight excluding hydrogens is 484 g/mol. The van der Waals surface area contributed by atoms with E-state index in [4.69, 9.17) is 9.29 Å². The van der Waals surface area contributed by atoms with Crippen LogP contribution in [0.4, 0.5) is 0 Å². The van der Waals surface area contributed by atoms with Gasteiger partial charge in [-0.05, 0) is 49.1 Å². The fourth-order valence-corrected chi connectivity index (χ4v) is 5.06. The zero-order valence-corrected chi connectivity index (χ0v) is 23.2. The number of esters is 1. The van der Waals surface area contributed by atoms with Gasteiger partial charge in [-0.3, -0.25) is 9.35 Å². The van der Waals surface area contributed by atoms with E-state index in [1.54, 1.807) is 0 Å². The summed E-state index contributed by atoms with van der Waals surface area (Å²) in [6, 6.07) is 16.0. The summed E-state index contributed by atoms with van der Waals surface area (Å²) in [6.45, 7) is 0. The number of aryl methyl sites for hydroxylation is 1. The van der Waals surface area contributed by atoms with E-state index in [9.17, 15) is 13.2 Å². The van der Waals surface area contributed by atoms with Gasteiger partial charge in [-0.25, -0.2) is 0 Å². The van der Waals surface area contributed by atoms with E-state index in [2.05, 4.69) is 30.3 Å². The topological polar surface area (TPSA) is 80.7 Å². The molecule has 0 spiro atoms. The minimum atomic E-state index is -4.23. The summed E-state index contributed by atoms with van der Waals surface area (Å²) in [5, 5.41) is 0. The van der Waals surface area contributed by atoms with Crippen LogP contribution in [0.25, 0.3) is 0 Å². The maximum Gasteiger partial charge on any atom is 0.311 e. The lowest BCUT2D eigenvalue weighted by atomic mass is 10.0. The van der Waals surface area contributed by atoms with E-state index in [0.29, 0.717) is 6.42 Å². The molecule has 0 aliphatic heterocycles. The van der Waals surface area contributed by atoms with E-state index in [0.717, 1.165) is 19.3 Å². The molecule has 0 radical (unpaired) electrons. The monoisotopic (exact) mass is 530 g/mol. The maximum atomic E-state index is 11.9. The van der Waals surface area contributed by atoms with E-state index < -0.39 is 10.1 Å². The van der Waals surface area contributed by atoms with Crippen molar-refractivity contribution in [2.45, 2.75) is 120 Å². The smallest absolute Gasteiger partial charge is 0.311 e. The largest absolute Gasteiger partial charge is 0.427 e. The van der Waals surface area contributed by atoms with Crippen LogP contribution in [0.1, 0.15) is 115 Å². The predicted molar refractivity (Wildman–Crippen MR) is 151 cm³/mol. The second-order valence-corrected chi connectivity index (χ2v) is 11.5. The Morgan fingerprint density at radius 3 is 1.49 bits per heavy atom. The highest BCUT2D eigenvalue weighted by atomic mass is 32.2. The van der Waals surface area contributed by atoms with Crippen LogP contribution in [0.2, 0.25) is 0 Å². The number of unbranched alkanes of at least 4 members (excludes halogenated alkanes) is 15. The van der Waals surface area contributed by atoms with Gasteiger partial charge in [-0.2, -0.15) is 8.42 Å². The molecule has 2 aromatic carbocycles. The van der Waals surface area contributed by atoms with Crippen molar-refractivity contribution in [2.75, 3.05) is 0 Å². The summed E-state index contributed by atoms with van der Waals surface area (Å²) in [6.07, 6.45) is 22.0. The minimum Gasteiger partial charge on any atom is -0.427 e. The van der Waals surface area contributed by atoms with Crippen LogP contribution in [0.3, 0.4) is 0 Å². The fourth-order valence-electron chi connectivity index (χ4n) is 4.58. The maximum absolute atomic E-state index is 11.9. The van der Waals surface area contributed by atoms with Gasteiger partial charge in [0, 0.05) is 6.42 Å². The van der Waals surface area contributed by atoms with Gasteiger partial charge in [-0.15, -0.1) is 0 Å². The van der Waals surface area contributed by atoms with Crippen molar-refractivity contribution in [2.24, 2.45) is 0 Å². The molecule has 5 nitrogen and oxygen atoms in total. The molecule has 206 valence electrons. The van der Waals surface area contributed by atoms with Crippen molar-refractivity contribution in [3.05, 3.63) is 60.2 Å². The molecule has 0 saturated carbocycles. The lowest BCUT2D eigenvalue weighted by Gasteiger charge is -2.05. The lowest BCUT2D eigenvalue weighted by molar-refractivity contribution is -0.134. The molecular formula is C31H46O5S. The second-order valence-electron chi connectivity index (χ2n) is 10.1. The molecule has 0 bridgehead atoms. The first-order chi connectivity index (χ1) is 17.9. The first kappa shape index (κ1) is 31.0. The van der Waals surface area contributed by atoms with Crippen LogP contribution in [-0.2, 0) is 21.3 Å². The summed E-state index contributed by atoms with van der Waals surface area (Å²) in [5.74, 6) is -0.0328. The molecule has 6 heteroatoms. The Balaban J connectivity index is 1.30. The van der Waals surface area contributed by atoms with Crippen molar-refractivity contribution < 1.29 is 22.5 Å². The molecule has 1 N–H and O–H groups in total. The molecule has 0 fully saturated rings. The normalized spacial score (nSPS) is 11.5. The molecule has 0 unspecified atom stereocenters. The molecule has 37 heavy (non-hydrogen) atoms. The van der Waals surface area contributed by atoms with Crippen LogP contribution >= 0.6 is 0 Å². The number of rotatable bonds is 21. The van der Waals surface area contributed by atoms with E-state index in [1.807, 2.05) is 0 Å². The standard InChI is InChI=1S/C31H46O5S/c32-31(36-29-24-26-30(27-25-29)37(33,34)35)23-19-14-12-10-8-6-4-2-1-3-5-7-9-11-13-16-20-28-21-17-15-18-22-28/h15,17-18,21-22,24-27H,1-14,16,19-20,23H2,(H,33,34,35). The molecule has 0 aliphatic carbocycles. The highest BCUT2D eigenvalue weighted by Crippen LogP contribution is 2.18. The molecule has 0 aromatic heterocycles. The number of ether oxygens (including phenoxy) is 1. The average Bonchev–Trinajstić information content (AvgIpc) is 2.88. The quantitative estimate of drug-likeness (QED) is 0.0755. The van der Waals surface area contributed by atoms with Crippen LogP contribution in [0, 0.1) is 0 Å². The summed E-state index contributed by atoms with van der Waals surface area (Å²) < 4.78 is 36.2. The third-order valence-electron chi connectivity index (χ3n) is 6.79. The first-order valence-electron chi connectivity index (χ1n) is 14.3. The third kappa shape index (κ3) is 15.6. The number of hydrogen-bond acceptors (Lipinski definition) is 4. The van der Waals surface area contributed by atoms with Crippen LogP contribution < -0.4 is 4.74 Å². The highest BCUT2D eigenvalue weighted by Gasteiger charge is 2.10. The van der Waals surface area contributed by atoms with E-state index in [1.165, 1.54) is 120 Å². The Kier molecular flexibility index (Phi) is 15.9. The van der Waals surface area contributed by atoms with Crippen LogP contribution in [0.15, 0.2) is 59.5 Å². The summed E-state index contributed by atoms with van der Waals surface area (Å²) >= 11 is 0. The van der Waals surface area contributed by atoms with Crippen molar-refractivity contribution in [3.63, 3.8) is 0 Å². The van der Waals surface area contributed by atoms with Crippen LogP contribution in [-0.4, -0.2) is 18.9 Å². The lowest BCUT2D eigenvalue weighted by Crippen LogP contribution is -2.07. The van der Waals surface area contributed by atoms with E-state index >= 15 is 0 Å². The number of carbonyl (C=O) groups excluding carboxylic acids is 1. The van der Waals surface area contributed by atoms with E-state index in [-0.39, 0.29) is 16.6 Å². The summed E-state index contributed by atoms with van der Waals surface area (Å²) in [7, 11) is -4.23. The third-order valence-corrected chi connectivity index (χ3v) is 7.66. The molecule has 0 saturated heterocycles. The zero-order chi connectivity index (χ0) is 26.6. The number of carbonyl (C=O) groups is 1. The molecule has 2 aromatic rings. The van der Waals surface area contributed by atoms with Gasteiger partial charge in [0.25, 0.3) is 10.1 Å².